The Labute approximate surface area is 175 Å². The summed E-state index contributed by atoms with van der Waals surface area (Å²) < 4.78 is 2.18. The van der Waals surface area contributed by atoms with E-state index in [9.17, 15) is 0 Å². The molecule has 2 saturated carbocycles. The second-order valence-electron chi connectivity index (χ2n) is 8.11. The van der Waals surface area contributed by atoms with Crippen LogP contribution in [0.2, 0.25) is 0 Å². The minimum atomic E-state index is 0. The number of guanidine groups is 1. The SMILES string of the molecule is CCNC(=NCc1ccn(C2CCCC2)n1)N1CC2CCCCC2C1.I. The molecule has 1 aromatic rings. The Balaban J connectivity index is 0.00000196. The van der Waals surface area contributed by atoms with Gasteiger partial charge in [0.1, 0.15) is 0 Å². The fraction of sp³-hybridized carbons (Fsp3) is 0.800. The molecule has 26 heavy (non-hydrogen) atoms. The smallest absolute Gasteiger partial charge is 0.194 e. The van der Waals surface area contributed by atoms with E-state index in [0.29, 0.717) is 12.6 Å². The molecular weight excluding hydrogens is 437 g/mol. The summed E-state index contributed by atoms with van der Waals surface area (Å²) in [4.78, 5) is 7.42. The topological polar surface area (TPSA) is 45.5 Å². The molecule has 3 fully saturated rings. The maximum absolute atomic E-state index is 4.92. The van der Waals surface area contributed by atoms with Gasteiger partial charge in [-0.1, -0.05) is 25.7 Å². The van der Waals surface area contributed by atoms with Crippen molar-refractivity contribution in [2.24, 2.45) is 16.8 Å². The molecule has 2 atom stereocenters. The molecule has 6 heteroatoms. The Hall–Kier alpha value is -0.790. The van der Waals surface area contributed by atoms with Crippen molar-refractivity contribution in [2.45, 2.75) is 70.9 Å². The second kappa shape index (κ2) is 9.42. The predicted molar refractivity (Wildman–Crippen MR) is 117 cm³/mol. The van der Waals surface area contributed by atoms with Gasteiger partial charge in [-0.3, -0.25) is 4.68 Å². The van der Waals surface area contributed by atoms with Crippen LogP contribution in [0.15, 0.2) is 17.3 Å². The number of likely N-dealkylation sites (tertiary alicyclic amines) is 1. The van der Waals surface area contributed by atoms with Gasteiger partial charge in [-0.15, -0.1) is 24.0 Å². The quantitative estimate of drug-likeness (QED) is 0.407. The van der Waals surface area contributed by atoms with Crippen molar-refractivity contribution in [1.82, 2.24) is 20.0 Å². The average molecular weight is 471 g/mol. The molecule has 1 saturated heterocycles. The van der Waals surface area contributed by atoms with Crippen molar-refractivity contribution in [1.29, 1.82) is 0 Å². The molecule has 0 spiro atoms. The van der Waals surface area contributed by atoms with E-state index in [0.717, 1.165) is 30.0 Å². The Morgan fingerprint density at radius 2 is 1.77 bits per heavy atom. The number of nitrogens with one attached hydrogen (secondary N) is 1. The van der Waals surface area contributed by atoms with Gasteiger partial charge in [0.05, 0.1) is 18.3 Å². The Kier molecular flexibility index (Phi) is 7.23. The molecule has 1 aromatic heterocycles. The number of hydrogen-bond acceptors (Lipinski definition) is 2. The van der Waals surface area contributed by atoms with Crippen molar-refractivity contribution < 1.29 is 0 Å². The molecule has 0 bridgehead atoms. The molecule has 4 rings (SSSR count). The van der Waals surface area contributed by atoms with Crippen molar-refractivity contribution in [2.75, 3.05) is 19.6 Å². The molecule has 5 nitrogen and oxygen atoms in total. The van der Waals surface area contributed by atoms with Crippen LogP contribution in [-0.2, 0) is 6.54 Å². The first kappa shape index (κ1) is 20.0. The molecule has 0 aromatic carbocycles. The van der Waals surface area contributed by atoms with Crippen molar-refractivity contribution >= 4 is 29.9 Å². The molecule has 2 heterocycles. The van der Waals surface area contributed by atoms with Crippen LogP contribution in [-0.4, -0.2) is 40.3 Å². The molecule has 146 valence electrons. The molecule has 1 N–H and O–H groups in total. The molecule has 1 aliphatic heterocycles. The van der Waals surface area contributed by atoms with E-state index >= 15 is 0 Å². The third kappa shape index (κ3) is 4.54. The third-order valence-electron chi connectivity index (χ3n) is 6.36. The van der Waals surface area contributed by atoms with Crippen molar-refractivity contribution in [3.63, 3.8) is 0 Å². The second-order valence-corrected chi connectivity index (χ2v) is 8.11. The number of aliphatic imine (C=N–C) groups is 1. The predicted octanol–water partition coefficient (Wildman–Crippen LogP) is 4.20. The first-order valence-corrected chi connectivity index (χ1v) is 10.4. The average Bonchev–Trinajstić information content (AvgIpc) is 3.38. The number of fused-ring (bicyclic) bond motifs is 1. The van der Waals surface area contributed by atoms with Crippen LogP contribution in [0.3, 0.4) is 0 Å². The van der Waals surface area contributed by atoms with Gasteiger partial charge in [-0.25, -0.2) is 4.99 Å². The van der Waals surface area contributed by atoms with Crippen LogP contribution in [0.1, 0.15) is 70.0 Å². The van der Waals surface area contributed by atoms with E-state index < -0.39 is 0 Å². The molecule has 3 aliphatic rings. The summed E-state index contributed by atoms with van der Waals surface area (Å²) in [5, 5.41) is 8.29. The van der Waals surface area contributed by atoms with Gasteiger partial charge in [0.15, 0.2) is 5.96 Å². The lowest BCUT2D eigenvalue weighted by molar-refractivity contribution is 0.299. The monoisotopic (exact) mass is 471 g/mol. The van der Waals surface area contributed by atoms with Crippen LogP contribution in [0.25, 0.3) is 0 Å². The maximum Gasteiger partial charge on any atom is 0.194 e. The van der Waals surface area contributed by atoms with Crippen LogP contribution < -0.4 is 5.32 Å². The van der Waals surface area contributed by atoms with Gasteiger partial charge in [0.25, 0.3) is 0 Å². The zero-order valence-electron chi connectivity index (χ0n) is 16.1. The standard InChI is InChI=1S/C20H33N5.HI/c1-2-21-20(24-14-16-7-3-4-8-17(16)15-24)22-13-18-11-12-25(23-18)19-9-5-6-10-19;/h11-12,16-17,19H,2-10,13-15H2,1H3,(H,21,22);1H. The van der Waals surface area contributed by atoms with E-state index in [2.05, 4.69) is 34.1 Å². The fourth-order valence-corrected chi connectivity index (χ4v) is 4.99. The lowest BCUT2D eigenvalue weighted by Gasteiger charge is -2.22. The number of aromatic nitrogens is 2. The molecule has 2 aliphatic carbocycles. The van der Waals surface area contributed by atoms with Crippen LogP contribution >= 0.6 is 24.0 Å². The molecule has 0 radical (unpaired) electrons. The minimum absolute atomic E-state index is 0. The first-order valence-electron chi connectivity index (χ1n) is 10.4. The summed E-state index contributed by atoms with van der Waals surface area (Å²) in [6.07, 6.45) is 13.1. The van der Waals surface area contributed by atoms with Gasteiger partial charge in [-0.2, -0.15) is 5.10 Å². The molecular formula is C20H34IN5. The summed E-state index contributed by atoms with van der Waals surface area (Å²) in [6, 6.07) is 2.77. The van der Waals surface area contributed by atoms with Crippen LogP contribution in [0.4, 0.5) is 0 Å². The third-order valence-corrected chi connectivity index (χ3v) is 6.36. The highest BCUT2D eigenvalue weighted by atomic mass is 127. The highest BCUT2D eigenvalue weighted by molar-refractivity contribution is 14.0. The summed E-state index contributed by atoms with van der Waals surface area (Å²) in [7, 11) is 0. The van der Waals surface area contributed by atoms with Gasteiger partial charge < -0.3 is 10.2 Å². The van der Waals surface area contributed by atoms with Gasteiger partial charge in [0, 0.05) is 25.8 Å². The number of hydrogen-bond donors (Lipinski definition) is 1. The lowest BCUT2D eigenvalue weighted by atomic mass is 9.82. The zero-order valence-corrected chi connectivity index (χ0v) is 18.4. The molecule has 0 amide bonds. The lowest BCUT2D eigenvalue weighted by Crippen LogP contribution is -2.40. The van der Waals surface area contributed by atoms with Crippen molar-refractivity contribution in [3.05, 3.63) is 18.0 Å². The Bertz CT molecular complexity index is 579. The van der Waals surface area contributed by atoms with Crippen molar-refractivity contribution in [3.8, 4) is 0 Å². The normalized spacial score (nSPS) is 26.7. The highest BCUT2D eigenvalue weighted by Crippen LogP contribution is 2.36. The van der Waals surface area contributed by atoms with E-state index in [4.69, 9.17) is 10.1 Å². The summed E-state index contributed by atoms with van der Waals surface area (Å²) >= 11 is 0. The first-order chi connectivity index (χ1) is 12.3. The van der Waals surface area contributed by atoms with Gasteiger partial charge in [0.2, 0.25) is 0 Å². The van der Waals surface area contributed by atoms with Gasteiger partial charge in [-0.05, 0) is 50.5 Å². The maximum atomic E-state index is 4.92. The summed E-state index contributed by atoms with van der Waals surface area (Å²) in [5.74, 6) is 2.87. The number of halogens is 1. The minimum Gasteiger partial charge on any atom is -0.357 e. The van der Waals surface area contributed by atoms with Crippen LogP contribution in [0.5, 0.6) is 0 Å². The summed E-state index contributed by atoms with van der Waals surface area (Å²) in [5.41, 5.74) is 1.10. The number of rotatable bonds is 4. The highest BCUT2D eigenvalue weighted by Gasteiger charge is 2.35. The largest absolute Gasteiger partial charge is 0.357 e. The van der Waals surface area contributed by atoms with E-state index in [1.807, 2.05) is 0 Å². The summed E-state index contributed by atoms with van der Waals surface area (Å²) in [6.45, 7) is 6.16. The molecule has 2 unspecified atom stereocenters. The Morgan fingerprint density at radius 1 is 1.12 bits per heavy atom. The van der Waals surface area contributed by atoms with Crippen LogP contribution in [0, 0.1) is 11.8 Å². The van der Waals surface area contributed by atoms with E-state index in [-0.39, 0.29) is 24.0 Å². The van der Waals surface area contributed by atoms with E-state index in [1.54, 1.807) is 0 Å². The number of nitrogens with zero attached hydrogens (tertiary/aromatic N) is 4. The fourth-order valence-electron chi connectivity index (χ4n) is 4.99. The Morgan fingerprint density at radius 3 is 2.42 bits per heavy atom. The van der Waals surface area contributed by atoms with E-state index in [1.165, 1.54) is 64.5 Å². The zero-order chi connectivity index (χ0) is 17.1. The van der Waals surface area contributed by atoms with Gasteiger partial charge >= 0.3 is 0 Å².